The van der Waals surface area contributed by atoms with Crippen molar-refractivity contribution in [2.45, 2.75) is 10.7 Å². The quantitative estimate of drug-likeness (QED) is 0.516. The van der Waals surface area contributed by atoms with Gasteiger partial charge in [0.25, 0.3) is 0 Å². The number of nitrogens with zero attached hydrogens (tertiary/aromatic N) is 1. The Morgan fingerprint density at radius 3 is 3.27 bits per heavy atom. The van der Waals surface area contributed by atoms with Gasteiger partial charge < -0.3 is 0 Å². The summed E-state index contributed by atoms with van der Waals surface area (Å²) in [6, 6.07) is 0. The summed E-state index contributed by atoms with van der Waals surface area (Å²) in [4.78, 5) is 24.6. The van der Waals surface area contributed by atoms with Crippen molar-refractivity contribution in [1.82, 2.24) is 10.2 Å². The van der Waals surface area contributed by atoms with Crippen molar-refractivity contribution in [2.24, 2.45) is 0 Å². The maximum atomic E-state index is 11.5. The zero-order chi connectivity index (χ0) is 11.5. The van der Waals surface area contributed by atoms with Gasteiger partial charge in [-0.2, -0.15) is 0 Å². The number of ether oxygens (including phenoxy) is 1. The molecule has 2 rings (SSSR count). The van der Waals surface area contributed by atoms with Crippen LogP contribution in [0.2, 0.25) is 5.80 Å². The number of rotatable bonds is 2. The van der Waals surface area contributed by atoms with Crippen LogP contribution in [-0.4, -0.2) is 56.4 Å². The molecule has 15 heavy (non-hydrogen) atoms. The molecule has 0 aromatic heterocycles. The van der Waals surface area contributed by atoms with Gasteiger partial charge >= 0.3 is 95.0 Å². The molecule has 0 radical (unpaired) electrons. The first kappa shape index (κ1) is 9.39. The van der Waals surface area contributed by atoms with Gasteiger partial charge in [0.2, 0.25) is 0 Å². The molecule has 0 aliphatic carbocycles. The van der Waals surface area contributed by atoms with Gasteiger partial charge in [0.15, 0.2) is 0 Å². The van der Waals surface area contributed by atoms with Crippen molar-refractivity contribution in [3.05, 3.63) is 11.8 Å². The molecule has 2 heterocycles. The molecule has 0 saturated carbocycles. The van der Waals surface area contributed by atoms with Crippen LogP contribution in [0.1, 0.15) is 1.37 Å². The summed E-state index contributed by atoms with van der Waals surface area (Å²) in [5.41, 5.74) is 0.425. The van der Waals surface area contributed by atoms with Crippen molar-refractivity contribution >= 4 is 26.8 Å². The van der Waals surface area contributed by atoms with E-state index in [1.807, 2.05) is 4.90 Å². The van der Waals surface area contributed by atoms with Crippen LogP contribution in [0.3, 0.4) is 0 Å². The summed E-state index contributed by atoms with van der Waals surface area (Å²) in [7, 11) is 0. The van der Waals surface area contributed by atoms with Crippen LogP contribution in [0.5, 0.6) is 0 Å². The summed E-state index contributed by atoms with van der Waals surface area (Å²) in [5, 5.41) is 2.23. The Morgan fingerprint density at radius 2 is 2.60 bits per heavy atom. The molecule has 2 amide bonds. The van der Waals surface area contributed by atoms with Gasteiger partial charge in [-0.3, -0.25) is 0 Å². The summed E-state index contributed by atoms with van der Waals surface area (Å²) in [5.74, 6) is -0.346. The van der Waals surface area contributed by atoms with Crippen LogP contribution in [0.4, 0.5) is 0 Å². The maximum absolute atomic E-state index is 11.5. The number of amides is 2. The van der Waals surface area contributed by atoms with Gasteiger partial charge in [0.1, 0.15) is 0 Å². The first-order valence-electron chi connectivity index (χ1n) is 5.25. The van der Waals surface area contributed by atoms with Crippen molar-refractivity contribution in [2.75, 3.05) is 19.8 Å². The Morgan fingerprint density at radius 1 is 1.73 bits per heavy atom. The fraction of sp³-hybridized carbons (Fsp3) is 0.556. The van der Waals surface area contributed by atoms with Crippen LogP contribution in [0.15, 0.2) is 11.8 Å². The minimum atomic E-state index is -0.358. The molecule has 0 aromatic carbocycles. The van der Waals surface area contributed by atoms with E-state index in [1.54, 1.807) is 0 Å². The number of imide groups is 1. The molecule has 0 bridgehead atoms. The SMILES string of the molecule is [2H]C[Se]C1COCCN1C1=CC(=O)NC1=O. The van der Waals surface area contributed by atoms with E-state index in [4.69, 9.17) is 6.11 Å². The zero-order valence-electron chi connectivity index (χ0n) is 9.06. The second kappa shape index (κ2) is 4.35. The third-order valence-electron chi connectivity index (χ3n) is 2.32. The molecular formula is C9H12N2O3Se. The average Bonchev–Trinajstić information content (AvgIpc) is 2.59. The van der Waals surface area contributed by atoms with Gasteiger partial charge in [-0.05, 0) is 0 Å². The third-order valence-corrected chi connectivity index (χ3v) is 3.95. The van der Waals surface area contributed by atoms with Crippen molar-refractivity contribution < 1.29 is 15.7 Å². The second-order valence-electron chi connectivity index (χ2n) is 3.24. The normalized spacial score (nSPS) is 27.5. The van der Waals surface area contributed by atoms with Gasteiger partial charge in [-0.25, -0.2) is 0 Å². The topological polar surface area (TPSA) is 58.6 Å². The van der Waals surface area contributed by atoms with E-state index in [0.717, 1.165) is 0 Å². The molecule has 1 unspecified atom stereocenters. The molecular weight excluding hydrogens is 263 g/mol. The molecule has 1 atom stereocenters. The number of carbonyl (C=O) groups excluding carboxylic acids is 2. The first-order chi connectivity index (χ1) is 7.72. The predicted molar refractivity (Wildman–Crippen MR) is 54.2 cm³/mol. The molecule has 6 heteroatoms. The molecule has 2 aliphatic heterocycles. The summed E-state index contributed by atoms with van der Waals surface area (Å²) in [6.45, 7) is 1.71. The van der Waals surface area contributed by atoms with E-state index in [9.17, 15) is 9.59 Å². The third kappa shape index (κ3) is 2.07. The Hall–Kier alpha value is -0.841. The van der Waals surface area contributed by atoms with Gasteiger partial charge in [-0.1, -0.05) is 0 Å². The number of nitrogens with one attached hydrogen (secondary N) is 1. The summed E-state index contributed by atoms with van der Waals surface area (Å²) >= 11 is 0.0766. The first-order valence-corrected chi connectivity index (χ1v) is 6.74. The second-order valence-corrected chi connectivity index (χ2v) is 5.08. The summed E-state index contributed by atoms with van der Waals surface area (Å²) in [6.07, 6.45) is 1.33. The van der Waals surface area contributed by atoms with Crippen LogP contribution < -0.4 is 5.32 Å². The molecule has 1 N–H and O–H groups in total. The zero-order valence-corrected chi connectivity index (χ0v) is 9.78. The molecule has 5 nitrogen and oxygen atoms in total. The van der Waals surface area contributed by atoms with E-state index in [-0.39, 0.29) is 31.7 Å². The monoisotopic (exact) mass is 277 g/mol. The molecule has 82 valence electrons. The van der Waals surface area contributed by atoms with Crippen LogP contribution in [-0.2, 0) is 14.3 Å². The van der Waals surface area contributed by atoms with E-state index in [2.05, 4.69) is 5.32 Å². The molecule has 0 spiro atoms. The number of carbonyl (C=O) groups is 2. The van der Waals surface area contributed by atoms with E-state index < -0.39 is 0 Å². The standard InChI is InChI=1S/C9H12N2O3Se/c1-15-8-5-14-3-2-11(8)6-4-7(12)10-9(6)13/h4,8H,2-3,5H2,1H3,(H,10,12,13)/i1D. The van der Waals surface area contributed by atoms with Crippen molar-refractivity contribution in [3.63, 3.8) is 0 Å². The fourth-order valence-electron chi connectivity index (χ4n) is 1.61. The Bertz CT molecular complexity index is 346. The van der Waals surface area contributed by atoms with Gasteiger partial charge in [-0.15, -0.1) is 0 Å². The summed E-state index contributed by atoms with van der Waals surface area (Å²) < 4.78 is 12.6. The predicted octanol–water partition coefficient (Wildman–Crippen LogP) is -1.06. The number of hydrogen-bond donors (Lipinski definition) is 1. The number of hydrogen-bond acceptors (Lipinski definition) is 4. The van der Waals surface area contributed by atoms with Crippen LogP contribution >= 0.6 is 0 Å². The van der Waals surface area contributed by atoms with Gasteiger partial charge in [0.05, 0.1) is 0 Å². The Labute approximate surface area is 95.4 Å². The molecule has 2 aliphatic rings. The molecule has 1 fully saturated rings. The van der Waals surface area contributed by atoms with Crippen molar-refractivity contribution in [3.8, 4) is 0 Å². The van der Waals surface area contributed by atoms with E-state index in [1.165, 1.54) is 6.08 Å². The Kier molecular flexibility index (Phi) is 2.72. The van der Waals surface area contributed by atoms with E-state index >= 15 is 0 Å². The van der Waals surface area contributed by atoms with Crippen LogP contribution in [0.25, 0.3) is 0 Å². The van der Waals surface area contributed by atoms with Crippen LogP contribution in [0, 0.1) is 0 Å². The fourth-order valence-corrected chi connectivity index (χ4v) is 2.85. The minimum absolute atomic E-state index is 0.0766. The Balaban J connectivity index is 2.13. The van der Waals surface area contributed by atoms with Crippen molar-refractivity contribution in [1.29, 1.82) is 0 Å². The molecule has 0 aromatic rings. The van der Waals surface area contributed by atoms with Gasteiger partial charge in [0, 0.05) is 0 Å². The number of morpholine rings is 1. The van der Waals surface area contributed by atoms with E-state index in [0.29, 0.717) is 31.3 Å². The average molecular weight is 276 g/mol. The molecule has 1 saturated heterocycles.